The van der Waals surface area contributed by atoms with Gasteiger partial charge in [-0.2, -0.15) is 0 Å². The Labute approximate surface area is 129 Å². The van der Waals surface area contributed by atoms with Gasteiger partial charge in [0.15, 0.2) is 5.13 Å². The second-order valence-corrected chi connectivity index (χ2v) is 7.81. The number of aromatic nitrogens is 1. The molecule has 1 aliphatic rings. The first-order valence-corrected chi connectivity index (χ1v) is 8.81. The van der Waals surface area contributed by atoms with Gasteiger partial charge in [0.2, 0.25) is 0 Å². The van der Waals surface area contributed by atoms with E-state index in [1.807, 2.05) is 0 Å². The summed E-state index contributed by atoms with van der Waals surface area (Å²) in [7, 11) is 2.10. The average molecular weight is 358 g/mol. The number of thiazole rings is 1. The van der Waals surface area contributed by atoms with Gasteiger partial charge in [0.1, 0.15) is 0 Å². The normalized spacial score (nSPS) is 18.4. The van der Waals surface area contributed by atoms with Gasteiger partial charge in [-0.1, -0.05) is 11.3 Å². The quantitative estimate of drug-likeness (QED) is 0.904. The van der Waals surface area contributed by atoms with Crippen molar-refractivity contribution in [3.8, 4) is 0 Å². The van der Waals surface area contributed by atoms with Crippen LogP contribution in [0.3, 0.4) is 0 Å². The Hall–Kier alpha value is -0.430. The number of aryl methyl sites for hydroxylation is 1. The Kier molecular flexibility index (Phi) is 3.93. The number of anilines is 1. The topological polar surface area (TPSA) is 42.2 Å². The predicted octanol–water partition coefficient (Wildman–Crippen LogP) is 3.94. The van der Waals surface area contributed by atoms with Crippen LogP contribution in [0.5, 0.6) is 0 Å². The van der Waals surface area contributed by atoms with Crippen molar-refractivity contribution in [2.75, 3.05) is 11.9 Å². The van der Waals surface area contributed by atoms with Crippen LogP contribution in [0.4, 0.5) is 5.13 Å². The van der Waals surface area contributed by atoms with E-state index in [0.717, 1.165) is 29.0 Å². The van der Waals surface area contributed by atoms with Crippen LogP contribution in [0, 0.1) is 0 Å². The van der Waals surface area contributed by atoms with E-state index in [1.54, 1.807) is 22.7 Å². The second kappa shape index (κ2) is 5.52. The standard InChI is InChI=1S/C13H16BrN3S2/c1-17(6-9-5-8(14)7-18-9)13-16-11-4-2-3-10(15)12(11)19-13/h5,7,10H,2-4,6,15H2,1H3. The fourth-order valence-corrected chi connectivity index (χ4v) is 4.95. The Bertz CT molecular complexity index is 578. The number of rotatable bonds is 3. The molecule has 0 radical (unpaired) electrons. The molecule has 2 N–H and O–H groups in total. The summed E-state index contributed by atoms with van der Waals surface area (Å²) in [6, 6.07) is 2.36. The Balaban J connectivity index is 1.78. The molecule has 0 aliphatic heterocycles. The maximum absolute atomic E-state index is 6.16. The summed E-state index contributed by atoms with van der Waals surface area (Å²) in [5.74, 6) is 0. The fourth-order valence-electron chi connectivity index (χ4n) is 2.34. The van der Waals surface area contributed by atoms with Crippen LogP contribution in [0.1, 0.15) is 34.3 Å². The van der Waals surface area contributed by atoms with E-state index in [4.69, 9.17) is 10.7 Å². The van der Waals surface area contributed by atoms with Crippen LogP contribution >= 0.6 is 38.6 Å². The molecule has 3 rings (SSSR count). The van der Waals surface area contributed by atoms with E-state index in [9.17, 15) is 0 Å². The van der Waals surface area contributed by atoms with Gasteiger partial charge in [0.25, 0.3) is 0 Å². The Morgan fingerprint density at radius 1 is 1.58 bits per heavy atom. The highest BCUT2D eigenvalue weighted by atomic mass is 79.9. The minimum Gasteiger partial charge on any atom is -0.346 e. The van der Waals surface area contributed by atoms with Gasteiger partial charge < -0.3 is 10.6 Å². The molecule has 0 bridgehead atoms. The molecule has 0 aromatic carbocycles. The summed E-state index contributed by atoms with van der Waals surface area (Å²) in [6.07, 6.45) is 3.34. The molecular formula is C13H16BrN3S2. The third-order valence-corrected chi connectivity index (χ3v) is 6.35. The molecule has 0 fully saturated rings. The van der Waals surface area contributed by atoms with Gasteiger partial charge in [-0.15, -0.1) is 11.3 Å². The maximum Gasteiger partial charge on any atom is 0.185 e. The molecule has 3 nitrogen and oxygen atoms in total. The molecule has 1 aliphatic carbocycles. The molecule has 19 heavy (non-hydrogen) atoms. The van der Waals surface area contributed by atoms with Gasteiger partial charge in [-0.3, -0.25) is 0 Å². The summed E-state index contributed by atoms with van der Waals surface area (Å²) >= 11 is 7.03. The number of fused-ring (bicyclic) bond motifs is 1. The van der Waals surface area contributed by atoms with Crippen LogP contribution < -0.4 is 10.6 Å². The predicted molar refractivity (Wildman–Crippen MR) is 86.1 cm³/mol. The highest BCUT2D eigenvalue weighted by Crippen LogP contribution is 2.36. The fraction of sp³-hybridized carbons (Fsp3) is 0.462. The number of hydrogen-bond donors (Lipinski definition) is 1. The van der Waals surface area contributed by atoms with Crippen molar-refractivity contribution in [1.29, 1.82) is 0 Å². The Morgan fingerprint density at radius 2 is 2.42 bits per heavy atom. The zero-order chi connectivity index (χ0) is 13.4. The Morgan fingerprint density at radius 3 is 3.11 bits per heavy atom. The number of hydrogen-bond acceptors (Lipinski definition) is 5. The van der Waals surface area contributed by atoms with Crippen LogP contribution in [-0.2, 0) is 13.0 Å². The summed E-state index contributed by atoms with van der Waals surface area (Å²) in [5, 5.41) is 3.21. The lowest BCUT2D eigenvalue weighted by molar-refractivity contribution is 0.573. The molecule has 2 aromatic heterocycles. The molecule has 2 heterocycles. The van der Waals surface area contributed by atoms with E-state index < -0.39 is 0 Å². The van der Waals surface area contributed by atoms with Crippen molar-refractivity contribution in [1.82, 2.24) is 4.98 Å². The third-order valence-electron chi connectivity index (χ3n) is 3.32. The zero-order valence-corrected chi connectivity index (χ0v) is 13.9. The van der Waals surface area contributed by atoms with Gasteiger partial charge >= 0.3 is 0 Å². The summed E-state index contributed by atoms with van der Waals surface area (Å²) in [5.41, 5.74) is 7.38. The maximum atomic E-state index is 6.16. The summed E-state index contributed by atoms with van der Waals surface area (Å²) < 4.78 is 1.15. The first-order valence-electron chi connectivity index (χ1n) is 6.32. The van der Waals surface area contributed by atoms with Crippen molar-refractivity contribution in [3.05, 3.63) is 31.4 Å². The molecule has 2 aromatic rings. The minimum atomic E-state index is 0.194. The van der Waals surface area contributed by atoms with Crippen molar-refractivity contribution in [3.63, 3.8) is 0 Å². The molecule has 1 atom stereocenters. The molecule has 1 unspecified atom stereocenters. The van der Waals surface area contributed by atoms with Crippen LogP contribution in [0.25, 0.3) is 0 Å². The molecule has 0 amide bonds. The number of halogens is 1. The van der Waals surface area contributed by atoms with E-state index in [2.05, 4.69) is 39.3 Å². The highest BCUT2D eigenvalue weighted by molar-refractivity contribution is 9.10. The first-order chi connectivity index (χ1) is 9.13. The summed E-state index contributed by atoms with van der Waals surface area (Å²) in [6.45, 7) is 0.901. The van der Waals surface area contributed by atoms with Crippen molar-refractivity contribution < 1.29 is 0 Å². The molecule has 0 saturated heterocycles. The van der Waals surface area contributed by atoms with Crippen molar-refractivity contribution in [2.24, 2.45) is 5.73 Å². The average Bonchev–Trinajstić information content (AvgIpc) is 2.96. The largest absolute Gasteiger partial charge is 0.346 e. The number of nitrogens with two attached hydrogens (primary N) is 1. The molecule has 0 saturated carbocycles. The van der Waals surface area contributed by atoms with Crippen molar-refractivity contribution >= 4 is 43.7 Å². The summed E-state index contributed by atoms with van der Waals surface area (Å²) in [4.78, 5) is 9.61. The number of thiophene rings is 1. The zero-order valence-electron chi connectivity index (χ0n) is 10.7. The minimum absolute atomic E-state index is 0.194. The monoisotopic (exact) mass is 357 g/mol. The number of nitrogens with zero attached hydrogens (tertiary/aromatic N) is 2. The lowest BCUT2D eigenvalue weighted by Gasteiger charge is -2.15. The smallest absolute Gasteiger partial charge is 0.185 e. The van der Waals surface area contributed by atoms with Gasteiger partial charge in [0, 0.05) is 32.7 Å². The lowest BCUT2D eigenvalue weighted by Crippen LogP contribution is -2.15. The van der Waals surface area contributed by atoms with E-state index in [1.165, 1.54) is 21.9 Å². The molecule has 6 heteroatoms. The lowest BCUT2D eigenvalue weighted by atomic mass is 9.99. The van der Waals surface area contributed by atoms with Crippen LogP contribution in [-0.4, -0.2) is 12.0 Å². The molecule has 102 valence electrons. The van der Waals surface area contributed by atoms with Gasteiger partial charge in [-0.25, -0.2) is 4.98 Å². The van der Waals surface area contributed by atoms with Crippen molar-refractivity contribution in [2.45, 2.75) is 31.8 Å². The van der Waals surface area contributed by atoms with Crippen LogP contribution in [0.2, 0.25) is 0 Å². The SMILES string of the molecule is CN(Cc1cc(Br)cs1)c1nc2c(s1)C(N)CCC2. The first kappa shape index (κ1) is 13.5. The van der Waals surface area contributed by atoms with E-state index >= 15 is 0 Å². The van der Waals surface area contributed by atoms with Gasteiger partial charge in [0.05, 0.1) is 12.2 Å². The highest BCUT2D eigenvalue weighted by Gasteiger charge is 2.22. The van der Waals surface area contributed by atoms with E-state index in [-0.39, 0.29) is 6.04 Å². The van der Waals surface area contributed by atoms with Gasteiger partial charge in [-0.05, 0) is 41.3 Å². The van der Waals surface area contributed by atoms with Crippen LogP contribution in [0.15, 0.2) is 15.9 Å². The second-order valence-electron chi connectivity index (χ2n) is 4.89. The van der Waals surface area contributed by atoms with E-state index in [0.29, 0.717) is 0 Å². The molecular weight excluding hydrogens is 342 g/mol. The molecule has 0 spiro atoms. The third kappa shape index (κ3) is 2.86.